The van der Waals surface area contributed by atoms with Crippen LogP contribution in [0.15, 0.2) is 24.5 Å². The Hall–Kier alpha value is -1.56. The second-order valence-corrected chi connectivity index (χ2v) is 4.77. The third kappa shape index (κ3) is 1.52. The second-order valence-electron chi connectivity index (χ2n) is 4.77. The average molecular weight is 255 g/mol. The summed E-state index contributed by atoms with van der Waals surface area (Å²) in [5, 5.41) is 0. The van der Waals surface area contributed by atoms with Crippen LogP contribution in [-0.2, 0) is 11.7 Å². The third-order valence-electron chi connectivity index (χ3n) is 3.57. The number of hydrogen-bond donors (Lipinski definition) is 1. The Kier molecular flexibility index (Phi) is 2.22. The molecule has 0 radical (unpaired) electrons. The molecule has 1 saturated carbocycles. The lowest BCUT2D eigenvalue weighted by molar-refractivity contribution is -0.136. The number of pyridine rings is 1. The summed E-state index contributed by atoms with van der Waals surface area (Å²) in [6.45, 7) is 0. The van der Waals surface area contributed by atoms with Crippen molar-refractivity contribution in [2.24, 2.45) is 5.73 Å². The molecule has 0 aromatic carbocycles. The molecule has 0 amide bonds. The number of rotatable bonds is 1. The maximum absolute atomic E-state index is 12.8. The molecule has 0 bridgehead atoms. The third-order valence-corrected chi connectivity index (χ3v) is 3.57. The van der Waals surface area contributed by atoms with Gasteiger partial charge in [-0.1, -0.05) is 0 Å². The molecule has 0 spiro atoms. The van der Waals surface area contributed by atoms with E-state index in [1.807, 2.05) is 0 Å². The predicted octanol–water partition coefficient (Wildman–Crippen LogP) is 2.69. The van der Waals surface area contributed by atoms with Crippen LogP contribution in [0, 0.1) is 0 Å². The fourth-order valence-electron chi connectivity index (χ4n) is 2.41. The predicted molar refractivity (Wildman–Crippen MR) is 59.9 cm³/mol. The van der Waals surface area contributed by atoms with Crippen molar-refractivity contribution in [3.05, 3.63) is 35.9 Å². The van der Waals surface area contributed by atoms with Crippen LogP contribution in [0.3, 0.4) is 0 Å². The number of fused-ring (bicyclic) bond motifs is 1. The summed E-state index contributed by atoms with van der Waals surface area (Å²) in [7, 11) is 0. The van der Waals surface area contributed by atoms with Gasteiger partial charge in [0.05, 0.1) is 22.8 Å². The first-order valence-corrected chi connectivity index (χ1v) is 5.74. The van der Waals surface area contributed by atoms with Crippen molar-refractivity contribution in [1.82, 2.24) is 9.38 Å². The fourth-order valence-corrected chi connectivity index (χ4v) is 2.41. The van der Waals surface area contributed by atoms with E-state index in [9.17, 15) is 13.2 Å². The highest BCUT2D eigenvalue weighted by atomic mass is 19.4. The van der Waals surface area contributed by atoms with Gasteiger partial charge in [-0.15, -0.1) is 0 Å². The smallest absolute Gasteiger partial charge is 0.319 e. The van der Waals surface area contributed by atoms with Gasteiger partial charge in [-0.2, -0.15) is 13.2 Å². The summed E-state index contributed by atoms with van der Waals surface area (Å²) in [5.41, 5.74) is 4.95. The van der Waals surface area contributed by atoms with E-state index in [1.165, 1.54) is 16.7 Å². The van der Waals surface area contributed by atoms with Crippen molar-refractivity contribution in [1.29, 1.82) is 0 Å². The molecule has 0 aliphatic heterocycles. The van der Waals surface area contributed by atoms with E-state index >= 15 is 0 Å². The van der Waals surface area contributed by atoms with Gasteiger partial charge in [0.25, 0.3) is 0 Å². The first-order chi connectivity index (χ1) is 8.42. The minimum atomic E-state index is -4.37. The minimum Gasteiger partial charge on any atom is -0.319 e. The molecule has 3 rings (SSSR count). The maximum atomic E-state index is 12.8. The van der Waals surface area contributed by atoms with Crippen LogP contribution in [0.1, 0.15) is 30.7 Å². The lowest BCUT2D eigenvalue weighted by Crippen LogP contribution is -2.44. The zero-order valence-corrected chi connectivity index (χ0v) is 9.54. The normalized spacial score (nSPS) is 18.9. The number of hydrogen-bond acceptors (Lipinski definition) is 2. The molecule has 0 unspecified atom stereocenters. The van der Waals surface area contributed by atoms with Gasteiger partial charge < -0.3 is 10.1 Å². The molecule has 0 saturated heterocycles. The van der Waals surface area contributed by atoms with E-state index < -0.39 is 17.3 Å². The summed E-state index contributed by atoms with van der Waals surface area (Å²) >= 11 is 0. The van der Waals surface area contributed by atoms with E-state index in [2.05, 4.69) is 4.98 Å². The Morgan fingerprint density at radius 1 is 1.33 bits per heavy atom. The van der Waals surface area contributed by atoms with Gasteiger partial charge >= 0.3 is 6.18 Å². The van der Waals surface area contributed by atoms with Gasteiger partial charge in [0.2, 0.25) is 0 Å². The summed E-state index contributed by atoms with van der Waals surface area (Å²) in [6.07, 6.45) is 0.987. The zero-order chi connectivity index (χ0) is 13.0. The van der Waals surface area contributed by atoms with Gasteiger partial charge in [0.15, 0.2) is 0 Å². The Bertz CT molecular complexity index is 596. The van der Waals surface area contributed by atoms with Gasteiger partial charge in [-0.3, -0.25) is 0 Å². The lowest BCUT2D eigenvalue weighted by atomic mass is 9.77. The van der Waals surface area contributed by atoms with E-state index in [4.69, 9.17) is 5.73 Å². The van der Waals surface area contributed by atoms with Crippen LogP contribution < -0.4 is 5.73 Å². The molecule has 1 fully saturated rings. The van der Waals surface area contributed by atoms with Crippen molar-refractivity contribution in [2.45, 2.75) is 31.0 Å². The van der Waals surface area contributed by atoms with E-state index in [0.717, 1.165) is 25.3 Å². The van der Waals surface area contributed by atoms with Crippen LogP contribution in [0.2, 0.25) is 0 Å². The van der Waals surface area contributed by atoms with Crippen molar-refractivity contribution in [3.8, 4) is 0 Å². The molecule has 2 aromatic heterocycles. The molecule has 2 N–H and O–H groups in total. The molecule has 96 valence electrons. The SMILES string of the molecule is NC1(c2ncc3c(C(F)(F)F)cccn23)CCC1. The second kappa shape index (κ2) is 3.47. The molecule has 6 heteroatoms. The highest BCUT2D eigenvalue weighted by Crippen LogP contribution is 2.39. The molecule has 1 aliphatic rings. The van der Waals surface area contributed by atoms with Crippen LogP contribution >= 0.6 is 0 Å². The van der Waals surface area contributed by atoms with Gasteiger partial charge in [-0.05, 0) is 31.4 Å². The van der Waals surface area contributed by atoms with Gasteiger partial charge in [0, 0.05) is 6.20 Å². The zero-order valence-electron chi connectivity index (χ0n) is 9.54. The molecular weight excluding hydrogens is 243 g/mol. The summed E-state index contributed by atoms with van der Waals surface area (Å²) in [5.74, 6) is 0.523. The summed E-state index contributed by atoms with van der Waals surface area (Å²) < 4.78 is 40.0. The van der Waals surface area contributed by atoms with Crippen LogP contribution in [0.25, 0.3) is 5.52 Å². The molecule has 3 nitrogen and oxygen atoms in total. The standard InChI is InChI=1S/C12H12F3N3/c13-12(14,15)8-3-1-6-18-9(8)7-17-10(18)11(16)4-2-5-11/h1,3,6-7H,2,4-5,16H2. The lowest BCUT2D eigenvalue weighted by Gasteiger charge is -2.36. The Morgan fingerprint density at radius 3 is 2.61 bits per heavy atom. The number of alkyl halides is 3. The largest absolute Gasteiger partial charge is 0.418 e. The van der Waals surface area contributed by atoms with Crippen molar-refractivity contribution >= 4 is 5.52 Å². The molecular formula is C12H12F3N3. The highest BCUT2D eigenvalue weighted by molar-refractivity contribution is 5.56. The number of nitrogens with zero attached hydrogens (tertiary/aromatic N) is 2. The quantitative estimate of drug-likeness (QED) is 0.851. The Morgan fingerprint density at radius 2 is 2.06 bits per heavy atom. The van der Waals surface area contributed by atoms with Gasteiger partial charge in [0.1, 0.15) is 5.82 Å². The van der Waals surface area contributed by atoms with Crippen LogP contribution in [-0.4, -0.2) is 9.38 Å². The Balaban J connectivity index is 2.21. The molecule has 2 heterocycles. The monoisotopic (exact) mass is 255 g/mol. The first kappa shape index (κ1) is 11.5. The summed E-state index contributed by atoms with van der Waals surface area (Å²) in [4.78, 5) is 4.10. The molecule has 0 atom stereocenters. The summed E-state index contributed by atoms with van der Waals surface area (Å²) in [6, 6.07) is 2.44. The molecule has 1 aliphatic carbocycles. The first-order valence-electron chi connectivity index (χ1n) is 5.74. The number of nitrogens with two attached hydrogens (primary N) is 1. The maximum Gasteiger partial charge on any atom is 0.418 e. The van der Waals surface area contributed by atoms with Crippen LogP contribution in [0.5, 0.6) is 0 Å². The molecule has 2 aromatic rings. The molecule has 18 heavy (non-hydrogen) atoms. The number of imidazole rings is 1. The van der Waals surface area contributed by atoms with Crippen molar-refractivity contribution in [3.63, 3.8) is 0 Å². The van der Waals surface area contributed by atoms with E-state index in [-0.39, 0.29) is 5.52 Å². The fraction of sp³-hybridized carbons (Fsp3) is 0.417. The number of halogens is 3. The van der Waals surface area contributed by atoms with Crippen molar-refractivity contribution < 1.29 is 13.2 Å². The Labute approximate surface area is 101 Å². The minimum absolute atomic E-state index is 0.0664. The number of aromatic nitrogens is 2. The van der Waals surface area contributed by atoms with E-state index in [0.29, 0.717) is 5.82 Å². The van der Waals surface area contributed by atoms with Crippen molar-refractivity contribution in [2.75, 3.05) is 0 Å². The van der Waals surface area contributed by atoms with Crippen LogP contribution in [0.4, 0.5) is 13.2 Å². The topological polar surface area (TPSA) is 43.3 Å². The highest BCUT2D eigenvalue weighted by Gasteiger charge is 2.39. The average Bonchev–Trinajstić information content (AvgIpc) is 2.68. The van der Waals surface area contributed by atoms with Gasteiger partial charge in [-0.25, -0.2) is 4.98 Å². The van der Waals surface area contributed by atoms with E-state index in [1.54, 1.807) is 6.20 Å².